The zero-order chi connectivity index (χ0) is 14.6. The van der Waals surface area contributed by atoms with Crippen molar-refractivity contribution in [3.8, 4) is 6.07 Å². The van der Waals surface area contributed by atoms with Gasteiger partial charge in [0.2, 0.25) is 0 Å². The molecule has 114 valence electrons. The van der Waals surface area contributed by atoms with Crippen LogP contribution in [0, 0.1) is 17.2 Å². The van der Waals surface area contributed by atoms with E-state index in [9.17, 15) is 10.4 Å². The summed E-state index contributed by atoms with van der Waals surface area (Å²) in [6.45, 7) is 8.56. The molecule has 0 spiro atoms. The van der Waals surface area contributed by atoms with Crippen molar-refractivity contribution in [2.75, 3.05) is 32.7 Å². The Balaban J connectivity index is 1.70. The van der Waals surface area contributed by atoms with Gasteiger partial charge in [0.05, 0.1) is 12.2 Å². The van der Waals surface area contributed by atoms with E-state index in [4.69, 9.17) is 0 Å². The highest BCUT2D eigenvalue weighted by Gasteiger charge is 2.30. The maximum absolute atomic E-state index is 10.2. The first-order chi connectivity index (χ1) is 9.51. The smallest absolute Gasteiger partial charge is 0.103 e. The van der Waals surface area contributed by atoms with Gasteiger partial charge in [0.25, 0.3) is 0 Å². The van der Waals surface area contributed by atoms with E-state index in [2.05, 4.69) is 15.9 Å². The third-order valence-corrected chi connectivity index (χ3v) is 4.99. The molecule has 1 aliphatic heterocycles. The normalized spacial score (nSPS) is 24.7. The highest BCUT2D eigenvalue weighted by atomic mass is 16.3. The van der Waals surface area contributed by atoms with E-state index in [1.807, 2.05) is 13.8 Å². The number of β-amino-alcohol motifs (C(OH)–C–C–N with tert-alkyl or cyclic N) is 1. The Morgan fingerprint density at radius 1 is 1.20 bits per heavy atom. The SMILES string of the molecule is CC(C)(C#N)N1CCN(CC(O)CC2CCCC2)CC1. The molecule has 0 aromatic carbocycles. The summed E-state index contributed by atoms with van der Waals surface area (Å²) >= 11 is 0. The van der Waals surface area contributed by atoms with Crippen LogP contribution in [0.4, 0.5) is 0 Å². The molecule has 4 heteroatoms. The lowest BCUT2D eigenvalue weighted by atomic mass is 9.99. The maximum Gasteiger partial charge on any atom is 0.103 e. The Hall–Kier alpha value is -0.630. The quantitative estimate of drug-likeness (QED) is 0.834. The predicted octanol–water partition coefficient (Wildman–Crippen LogP) is 1.85. The lowest BCUT2D eigenvalue weighted by Crippen LogP contribution is -2.55. The number of aliphatic hydroxyl groups is 1. The minimum atomic E-state index is -0.367. The first-order valence-corrected chi connectivity index (χ1v) is 8.08. The van der Waals surface area contributed by atoms with E-state index in [1.165, 1.54) is 25.7 Å². The topological polar surface area (TPSA) is 50.5 Å². The van der Waals surface area contributed by atoms with Gasteiger partial charge in [-0.2, -0.15) is 5.26 Å². The van der Waals surface area contributed by atoms with Crippen LogP contribution >= 0.6 is 0 Å². The molecular weight excluding hydrogens is 250 g/mol. The molecule has 4 nitrogen and oxygen atoms in total. The first-order valence-electron chi connectivity index (χ1n) is 8.08. The van der Waals surface area contributed by atoms with E-state index >= 15 is 0 Å². The Morgan fingerprint density at radius 3 is 2.35 bits per heavy atom. The maximum atomic E-state index is 10.2. The third kappa shape index (κ3) is 4.18. The van der Waals surface area contributed by atoms with Crippen LogP contribution in [-0.2, 0) is 0 Å². The second kappa shape index (κ2) is 6.89. The van der Waals surface area contributed by atoms with Crippen LogP contribution < -0.4 is 0 Å². The zero-order valence-electron chi connectivity index (χ0n) is 13.0. The second-order valence-electron chi connectivity index (χ2n) is 7.00. The summed E-state index contributed by atoms with van der Waals surface area (Å²) in [6, 6.07) is 2.37. The number of nitriles is 1. The molecule has 1 saturated carbocycles. The molecule has 1 heterocycles. The molecule has 2 fully saturated rings. The molecule has 20 heavy (non-hydrogen) atoms. The Morgan fingerprint density at radius 2 is 1.80 bits per heavy atom. The Kier molecular flexibility index (Phi) is 5.42. The standard InChI is InChI=1S/C16H29N3O/c1-16(2,13-17)19-9-7-18(8-10-19)12-15(20)11-14-5-3-4-6-14/h14-15,20H,3-12H2,1-2H3. The number of hydrogen-bond acceptors (Lipinski definition) is 4. The molecule has 1 N–H and O–H groups in total. The third-order valence-electron chi connectivity index (χ3n) is 4.99. The van der Waals surface area contributed by atoms with Crippen LogP contribution in [0.1, 0.15) is 46.0 Å². The van der Waals surface area contributed by atoms with Gasteiger partial charge in [0.15, 0.2) is 0 Å². The van der Waals surface area contributed by atoms with Crippen molar-refractivity contribution in [2.24, 2.45) is 5.92 Å². The monoisotopic (exact) mass is 279 g/mol. The summed E-state index contributed by atoms with van der Waals surface area (Å²) in [5.74, 6) is 0.754. The predicted molar refractivity (Wildman–Crippen MR) is 80.3 cm³/mol. The molecule has 1 unspecified atom stereocenters. The molecule has 0 aromatic heterocycles. The fourth-order valence-corrected chi connectivity index (χ4v) is 3.56. The minimum absolute atomic E-state index is 0.173. The van der Waals surface area contributed by atoms with Gasteiger partial charge >= 0.3 is 0 Å². The summed E-state index contributed by atoms with van der Waals surface area (Å²) in [4.78, 5) is 4.59. The van der Waals surface area contributed by atoms with Crippen LogP contribution in [0.2, 0.25) is 0 Å². The Bertz CT molecular complexity index is 336. The van der Waals surface area contributed by atoms with Gasteiger partial charge in [-0.15, -0.1) is 0 Å². The molecule has 2 aliphatic rings. The molecule has 0 radical (unpaired) electrons. The van der Waals surface area contributed by atoms with E-state index in [1.54, 1.807) is 0 Å². The lowest BCUT2D eigenvalue weighted by molar-refractivity contribution is 0.0399. The lowest BCUT2D eigenvalue weighted by Gasteiger charge is -2.41. The van der Waals surface area contributed by atoms with Crippen molar-refractivity contribution >= 4 is 0 Å². The fourth-order valence-electron chi connectivity index (χ4n) is 3.56. The van der Waals surface area contributed by atoms with Gasteiger partial charge in [-0.05, 0) is 26.2 Å². The van der Waals surface area contributed by atoms with Crippen molar-refractivity contribution in [2.45, 2.75) is 57.6 Å². The summed E-state index contributed by atoms with van der Waals surface area (Å²) in [5.41, 5.74) is -0.367. The largest absolute Gasteiger partial charge is 0.392 e. The number of aliphatic hydroxyl groups excluding tert-OH is 1. The van der Waals surface area contributed by atoms with E-state index in [0.717, 1.165) is 45.1 Å². The highest BCUT2D eigenvalue weighted by molar-refractivity contribution is 5.02. The average molecular weight is 279 g/mol. The summed E-state index contributed by atoms with van der Waals surface area (Å²) in [5, 5.41) is 19.4. The second-order valence-corrected chi connectivity index (χ2v) is 7.00. The van der Waals surface area contributed by atoms with Crippen molar-refractivity contribution < 1.29 is 5.11 Å². The van der Waals surface area contributed by atoms with Crippen LogP contribution in [-0.4, -0.2) is 59.3 Å². The minimum Gasteiger partial charge on any atom is -0.392 e. The van der Waals surface area contributed by atoms with Gasteiger partial charge in [0.1, 0.15) is 5.54 Å². The van der Waals surface area contributed by atoms with Crippen LogP contribution in [0.5, 0.6) is 0 Å². The number of rotatable bonds is 5. The average Bonchev–Trinajstić information content (AvgIpc) is 2.92. The molecule has 1 saturated heterocycles. The molecule has 1 atom stereocenters. The molecule has 0 amide bonds. The van der Waals surface area contributed by atoms with Gasteiger partial charge in [-0.25, -0.2) is 0 Å². The summed E-state index contributed by atoms with van der Waals surface area (Å²) in [6.07, 6.45) is 6.11. The van der Waals surface area contributed by atoms with Gasteiger partial charge in [0, 0.05) is 32.7 Å². The van der Waals surface area contributed by atoms with Crippen LogP contribution in [0.15, 0.2) is 0 Å². The number of hydrogen-bond donors (Lipinski definition) is 1. The number of nitrogens with zero attached hydrogens (tertiary/aromatic N) is 3. The van der Waals surface area contributed by atoms with Gasteiger partial charge < -0.3 is 5.11 Å². The van der Waals surface area contributed by atoms with Crippen molar-refractivity contribution in [3.63, 3.8) is 0 Å². The molecule has 0 bridgehead atoms. The zero-order valence-corrected chi connectivity index (χ0v) is 13.0. The van der Waals surface area contributed by atoms with Crippen molar-refractivity contribution in [1.29, 1.82) is 5.26 Å². The fraction of sp³-hybridized carbons (Fsp3) is 0.938. The van der Waals surface area contributed by atoms with E-state index in [-0.39, 0.29) is 11.6 Å². The van der Waals surface area contributed by atoms with Crippen molar-refractivity contribution in [1.82, 2.24) is 9.80 Å². The molecule has 2 rings (SSSR count). The van der Waals surface area contributed by atoms with Crippen LogP contribution in [0.3, 0.4) is 0 Å². The van der Waals surface area contributed by atoms with Gasteiger partial charge in [-0.3, -0.25) is 9.80 Å². The highest BCUT2D eigenvalue weighted by Crippen LogP contribution is 2.28. The number of piperazine rings is 1. The first kappa shape index (κ1) is 15.8. The summed E-state index contributed by atoms with van der Waals surface area (Å²) < 4.78 is 0. The van der Waals surface area contributed by atoms with E-state index in [0.29, 0.717) is 0 Å². The van der Waals surface area contributed by atoms with Gasteiger partial charge in [-0.1, -0.05) is 25.7 Å². The molecule has 1 aliphatic carbocycles. The molecule has 0 aromatic rings. The van der Waals surface area contributed by atoms with E-state index < -0.39 is 0 Å². The van der Waals surface area contributed by atoms with Crippen molar-refractivity contribution in [3.05, 3.63) is 0 Å². The molecular formula is C16H29N3O. The van der Waals surface area contributed by atoms with Crippen LogP contribution in [0.25, 0.3) is 0 Å². The Labute approximate surface area is 123 Å². The summed E-state index contributed by atoms with van der Waals surface area (Å²) in [7, 11) is 0.